The van der Waals surface area contributed by atoms with Crippen LogP contribution in [0.2, 0.25) is 0 Å². The molecular weight excluding hydrogens is 254 g/mol. The van der Waals surface area contributed by atoms with Crippen LogP contribution in [0.1, 0.15) is 32.6 Å². The molecule has 3 N–H and O–H groups in total. The van der Waals surface area contributed by atoms with Crippen LogP contribution in [0, 0.1) is 0 Å². The van der Waals surface area contributed by atoms with Crippen molar-refractivity contribution in [2.45, 2.75) is 44.7 Å². The fraction of sp³-hybridized carbons (Fsp3) is 0.467. The van der Waals surface area contributed by atoms with Crippen LogP contribution < -0.4 is 16.0 Å². The summed E-state index contributed by atoms with van der Waals surface area (Å²) in [7, 11) is 0. The predicted octanol–water partition coefficient (Wildman–Crippen LogP) is 2.26. The summed E-state index contributed by atoms with van der Waals surface area (Å²) in [6.45, 7) is 1.69. The van der Waals surface area contributed by atoms with Gasteiger partial charge in [-0.05, 0) is 31.9 Å². The second kappa shape index (κ2) is 6.93. The largest absolute Gasteiger partial charge is 0.352 e. The molecule has 1 atom stereocenters. The molecular formula is C15H21N3O2. The summed E-state index contributed by atoms with van der Waals surface area (Å²) in [5, 5.41) is 8.30. The molecule has 2 rings (SSSR count). The molecule has 0 saturated heterocycles. The van der Waals surface area contributed by atoms with E-state index in [0.717, 1.165) is 12.8 Å². The minimum absolute atomic E-state index is 0.125. The van der Waals surface area contributed by atoms with E-state index in [2.05, 4.69) is 16.0 Å². The first-order valence-electron chi connectivity index (χ1n) is 7.08. The summed E-state index contributed by atoms with van der Waals surface area (Å²) in [6.07, 6.45) is 4.41. The van der Waals surface area contributed by atoms with Crippen LogP contribution in [0.3, 0.4) is 0 Å². The Bertz CT molecular complexity index is 455. The Morgan fingerprint density at radius 3 is 2.45 bits per heavy atom. The molecule has 1 aromatic rings. The molecule has 0 bridgehead atoms. The summed E-state index contributed by atoms with van der Waals surface area (Å²) in [5.41, 5.74) is 0.702. The van der Waals surface area contributed by atoms with Gasteiger partial charge in [0, 0.05) is 11.7 Å². The van der Waals surface area contributed by atoms with Crippen LogP contribution in [-0.2, 0) is 4.79 Å². The standard InChI is InChI=1S/C15H21N3O2/c1-11(14(19)17-12-9-5-6-10-12)16-15(20)18-13-7-3-2-4-8-13/h2-4,7-8,11-12H,5-6,9-10H2,1H3,(H,17,19)(H2,16,18,20). The number of para-hydroxylation sites is 1. The first-order valence-corrected chi connectivity index (χ1v) is 7.08. The van der Waals surface area contributed by atoms with Gasteiger partial charge in [-0.25, -0.2) is 4.79 Å². The van der Waals surface area contributed by atoms with Crippen LogP contribution in [0.5, 0.6) is 0 Å². The smallest absolute Gasteiger partial charge is 0.319 e. The quantitative estimate of drug-likeness (QED) is 0.788. The number of rotatable bonds is 4. The number of amides is 3. The van der Waals surface area contributed by atoms with Crippen molar-refractivity contribution in [2.75, 3.05) is 5.32 Å². The molecule has 1 aliphatic rings. The van der Waals surface area contributed by atoms with Crippen molar-refractivity contribution in [2.24, 2.45) is 0 Å². The fourth-order valence-corrected chi connectivity index (χ4v) is 2.35. The van der Waals surface area contributed by atoms with E-state index in [1.165, 1.54) is 12.8 Å². The second-order valence-electron chi connectivity index (χ2n) is 5.18. The summed E-state index contributed by atoms with van der Waals surface area (Å²) in [5.74, 6) is -0.125. The maximum absolute atomic E-state index is 11.9. The van der Waals surface area contributed by atoms with Gasteiger partial charge in [-0.3, -0.25) is 4.79 Å². The number of hydrogen-bond donors (Lipinski definition) is 3. The van der Waals surface area contributed by atoms with Gasteiger partial charge in [0.05, 0.1) is 0 Å². The topological polar surface area (TPSA) is 70.2 Å². The molecule has 1 fully saturated rings. The van der Waals surface area contributed by atoms with Gasteiger partial charge in [0.1, 0.15) is 6.04 Å². The van der Waals surface area contributed by atoms with E-state index in [0.29, 0.717) is 5.69 Å². The third kappa shape index (κ3) is 4.26. The highest BCUT2D eigenvalue weighted by Gasteiger charge is 2.21. The molecule has 1 unspecified atom stereocenters. The molecule has 0 aliphatic heterocycles. The van der Waals surface area contributed by atoms with E-state index in [4.69, 9.17) is 0 Å². The third-order valence-electron chi connectivity index (χ3n) is 3.47. The van der Waals surface area contributed by atoms with Crippen LogP contribution in [0.25, 0.3) is 0 Å². The molecule has 108 valence electrons. The number of urea groups is 1. The average molecular weight is 275 g/mol. The number of nitrogens with one attached hydrogen (secondary N) is 3. The third-order valence-corrected chi connectivity index (χ3v) is 3.47. The Kier molecular flexibility index (Phi) is 4.98. The van der Waals surface area contributed by atoms with Crippen molar-refractivity contribution in [1.82, 2.24) is 10.6 Å². The lowest BCUT2D eigenvalue weighted by Gasteiger charge is -2.18. The van der Waals surface area contributed by atoms with Crippen molar-refractivity contribution >= 4 is 17.6 Å². The van der Waals surface area contributed by atoms with Gasteiger partial charge in [-0.1, -0.05) is 31.0 Å². The molecule has 1 aromatic carbocycles. The van der Waals surface area contributed by atoms with E-state index >= 15 is 0 Å². The highest BCUT2D eigenvalue weighted by molar-refractivity contribution is 5.93. The van der Waals surface area contributed by atoms with Gasteiger partial charge < -0.3 is 16.0 Å². The Balaban J connectivity index is 1.76. The number of benzene rings is 1. The average Bonchev–Trinajstić information content (AvgIpc) is 2.92. The fourth-order valence-electron chi connectivity index (χ4n) is 2.35. The molecule has 1 aliphatic carbocycles. The summed E-state index contributed by atoms with van der Waals surface area (Å²) in [6, 6.07) is 8.50. The van der Waals surface area contributed by atoms with Crippen molar-refractivity contribution in [3.63, 3.8) is 0 Å². The van der Waals surface area contributed by atoms with Crippen molar-refractivity contribution in [3.05, 3.63) is 30.3 Å². The molecule has 5 heteroatoms. The lowest BCUT2D eigenvalue weighted by molar-refractivity contribution is -0.123. The number of carbonyl (C=O) groups excluding carboxylic acids is 2. The van der Waals surface area contributed by atoms with Crippen LogP contribution in [-0.4, -0.2) is 24.0 Å². The van der Waals surface area contributed by atoms with Crippen molar-refractivity contribution in [1.29, 1.82) is 0 Å². The minimum atomic E-state index is -0.542. The number of carbonyl (C=O) groups is 2. The monoisotopic (exact) mass is 275 g/mol. The van der Waals surface area contributed by atoms with Gasteiger partial charge in [-0.2, -0.15) is 0 Å². The zero-order valence-electron chi connectivity index (χ0n) is 11.7. The maximum Gasteiger partial charge on any atom is 0.319 e. The van der Waals surface area contributed by atoms with Crippen LogP contribution in [0.4, 0.5) is 10.5 Å². The number of anilines is 1. The zero-order chi connectivity index (χ0) is 14.4. The SMILES string of the molecule is CC(NC(=O)Nc1ccccc1)C(=O)NC1CCCC1. The lowest BCUT2D eigenvalue weighted by Crippen LogP contribution is -2.48. The molecule has 1 saturated carbocycles. The van der Waals surface area contributed by atoms with Gasteiger partial charge >= 0.3 is 6.03 Å². The second-order valence-corrected chi connectivity index (χ2v) is 5.18. The van der Waals surface area contributed by atoms with E-state index in [1.807, 2.05) is 18.2 Å². The maximum atomic E-state index is 11.9. The van der Waals surface area contributed by atoms with E-state index in [1.54, 1.807) is 19.1 Å². The first kappa shape index (κ1) is 14.4. The first-order chi connectivity index (χ1) is 9.65. The molecule has 0 heterocycles. The van der Waals surface area contributed by atoms with Gasteiger partial charge in [0.25, 0.3) is 0 Å². The lowest BCUT2D eigenvalue weighted by atomic mass is 10.2. The van der Waals surface area contributed by atoms with Crippen molar-refractivity contribution < 1.29 is 9.59 Å². The highest BCUT2D eigenvalue weighted by Crippen LogP contribution is 2.17. The summed E-state index contributed by atoms with van der Waals surface area (Å²) < 4.78 is 0. The highest BCUT2D eigenvalue weighted by atomic mass is 16.2. The Labute approximate surface area is 119 Å². The normalized spacial score (nSPS) is 16.4. The summed E-state index contributed by atoms with van der Waals surface area (Å²) >= 11 is 0. The van der Waals surface area contributed by atoms with Crippen molar-refractivity contribution in [3.8, 4) is 0 Å². The van der Waals surface area contributed by atoms with Gasteiger partial charge in [0.15, 0.2) is 0 Å². The molecule has 0 radical (unpaired) electrons. The molecule has 0 aromatic heterocycles. The Morgan fingerprint density at radius 2 is 1.80 bits per heavy atom. The minimum Gasteiger partial charge on any atom is -0.352 e. The number of hydrogen-bond acceptors (Lipinski definition) is 2. The van der Waals surface area contributed by atoms with Crippen LogP contribution in [0.15, 0.2) is 30.3 Å². The molecule has 5 nitrogen and oxygen atoms in total. The molecule has 20 heavy (non-hydrogen) atoms. The predicted molar refractivity (Wildman–Crippen MR) is 78.5 cm³/mol. The Hall–Kier alpha value is -2.04. The van der Waals surface area contributed by atoms with E-state index < -0.39 is 6.04 Å². The van der Waals surface area contributed by atoms with Gasteiger partial charge in [-0.15, -0.1) is 0 Å². The Morgan fingerprint density at radius 1 is 1.15 bits per heavy atom. The molecule has 3 amide bonds. The molecule has 0 spiro atoms. The van der Waals surface area contributed by atoms with E-state index in [9.17, 15) is 9.59 Å². The zero-order valence-corrected chi connectivity index (χ0v) is 11.7. The van der Waals surface area contributed by atoms with E-state index in [-0.39, 0.29) is 18.0 Å². The summed E-state index contributed by atoms with van der Waals surface area (Å²) in [4.78, 5) is 23.7. The van der Waals surface area contributed by atoms with Gasteiger partial charge in [0.2, 0.25) is 5.91 Å². The van der Waals surface area contributed by atoms with Crippen LogP contribution >= 0.6 is 0 Å².